The van der Waals surface area contributed by atoms with Crippen molar-refractivity contribution in [1.82, 2.24) is 5.32 Å². The predicted octanol–water partition coefficient (Wildman–Crippen LogP) is 2.90. The van der Waals surface area contributed by atoms with Gasteiger partial charge in [0.2, 0.25) is 0 Å². The van der Waals surface area contributed by atoms with Crippen LogP contribution in [0.3, 0.4) is 0 Å². The first-order valence-corrected chi connectivity index (χ1v) is 7.85. The van der Waals surface area contributed by atoms with Crippen LogP contribution in [0.2, 0.25) is 0 Å². The normalized spacial score (nSPS) is 20.6. The van der Waals surface area contributed by atoms with Gasteiger partial charge in [-0.05, 0) is 43.8 Å². The quantitative estimate of drug-likeness (QED) is 0.878. The molecule has 1 aliphatic heterocycles. The molecule has 18 heavy (non-hydrogen) atoms. The molecule has 1 unspecified atom stereocenters. The lowest BCUT2D eigenvalue weighted by Crippen LogP contribution is -2.44. The molecule has 1 heterocycles. The second-order valence-electron chi connectivity index (χ2n) is 5.35. The molecular weight excluding hydrogens is 242 g/mol. The van der Waals surface area contributed by atoms with Gasteiger partial charge in [-0.1, -0.05) is 29.8 Å². The zero-order valence-corrected chi connectivity index (χ0v) is 12.1. The predicted molar refractivity (Wildman–Crippen MR) is 79.1 cm³/mol. The number of hydrogen-bond donors (Lipinski definition) is 2. The number of nitrogens with one attached hydrogen (secondary N) is 1. The Morgan fingerprint density at radius 3 is 2.50 bits per heavy atom. The Hall–Kier alpha value is -0.510. The van der Waals surface area contributed by atoms with Crippen LogP contribution in [0.5, 0.6) is 0 Å². The van der Waals surface area contributed by atoms with Crippen LogP contribution >= 0.6 is 11.8 Å². The molecule has 2 nitrogen and oxygen atoms in total. The van der Waals surface area contributed by atoms with E-state index in [9.17, 15) is 5.11 Å². The summed E-state index contributed by atoms with van der Waals surface area (Å²) in [6.45, 7) is 4.96. The van der Waals surface area contributed by atoms with Crippen molar-refractivity contribution in [3.8, 4) is 0 Å². The van der Waals surface area contributed by atoms with Gasteiger partial charge in [-0.15, -0.1) is 0 Å². The molecule has 1 aliphatic rings. The van der Waals surface area contributed by atoms with Crippen LogP contribution in [0, 0.1) is 6.92 Å². The highest BCUT2D eigenvalue weighted by molar-refractivity contribution is 7.99. The van der Waals surface area contributed by atoms with E-state index in [1.807, 2.05) is 11.8 Å². The molecule has 0 amide bonds. The van der Waals surface area contributed by atoms with Crippen LogP contribution in [-0.4, -0.2) is 28.8 Å². The van der Waals surface area contributed by atoms with Gasteiger partial charge in [-0.2, -0.15) is 11.8 Å². The first kappa shape index (κ1) is 13.9. The van der Waals surface area contributed by atoms with Crippen molar-refractivity contribution < 1.29 is 5.11 Å². The summed E-state index contributed by atoms with van der Waals surface area (Å²) in [5.74, 6) is 2.16. The molecule has 1 aromatic carbocycles. The number of benzene rings is 1. The van der Waals surface area contributed by atoms with Gasteiger partial charge in [0.1, 0.15) is 0 Å². The monoisotopic (exact) mass is 265 g/mol. The Balaban J connectivity index is 1.87. The lowest BCUT2D eigenvalue weighted by Gasteiger charge is -2.33. The Kier molecular flexibility index (Phi) is 4.71. The average Bonchev–Trinajstić information content (AvgIpc) is 2.38. The van der Waals surface area contributed by atoms with Crippen molar-refractivity contribution in [2.45, 2.75) is 38.3 Å². The van der Waals surface area contributed by atoms with E-state index in [0.29, 0.717) is 12.6 Å². The Morgan fingerprint density at radius 1 is 1.28 bits per heavy atom. The Morgan fingerprint density at radius 2 is 1.89 bits per heavy atom. The van der Waals surface area contributed by atoms with Crippen molar-refractivity contribution >= 4 is 11.8 Å². The van der Waals surface area contributed by atoms with Crippen molar-refractivity contribution in [3.63, 3.8) is 0 Å². The molecule has 2 N–H and O–H groups in total. The Bertz CT molecular complexity index is 371. The number of rotatable bonds is 4. The van der Waals surface area contributed by atoms with Crippen molar-refractivity contribution in [2.24, 2.45) is 0 Å². The van der Waals surface area contributed by atoms with Gasteiger partial charge in [-0.25, -0.2) is 0 Å². The third kappa shape index (κ3) is 3.74. The topological polar surface area (TPSA) is 32.3 Å². The van der Waals surface area contributed by atoms with Gasteiger partial charge in [0.05, 0.1) is 5.60 Å². The second-order valence-corrected chi connectivity index (χ2v) is 6.57. The van der Waals surface area contributed by atoms with Crippen molar-refractivity contribution in [3.05, 3.63) is 35.4 Å². The van der Waals surface area contributed by atoms with E-state index < -0.39 is 5.60 Å². The van der Waals surface area contributed by atoms with Crippen molar-refractivity contribution in [1.29, 1.82) is 0 Å². The highest BCUT2D eigenvalue weighted by Gasteiger charge is 2.29. The van der Waals surface area contributed by atoms with E-state index in [4.69, 9.17) is 0 Å². The smallest absolute Gasteiger partial charge is 0.0787 e. The molecule has 0 saturated carbocycles. The van der Waals surface area contributed by atoms with E-state index in [1.54, 1.807) is 0 Å². The fourth-order valence-corrected chi connectivity index (χ4v) is 3.50. The summed E-state index contributed by atoms with van der Waals surface area (Å²) in [7, 11) is 0. The summed E-state index contributed by atoms with van der Waals surface area (Å²) >= 11 is 1.94. The van der Waals surface area contributed by atoms with Gasteiger partial charge in [0.15, 0.2) is 0 Å². The molecular formula is C15H23NOS. The standard InChI is InChI=1S/C15H23NOS/c1-12-3-5-14(6-4-12)13(2)16-11-15(17)7-9-18-10-8-15/h3-6,13,16-17H,7-11H2,1-2H3. The minimum atomic E-state index is -0.496. The highest BCUT2D eigenvalue weighted by Crippen LogP contribution is 2.27. The van der Waals surface area contributed by atoms with Gasteiger partial charge < -0.3 is 10.4 Å². The van der Waals surface area contributed by atoms with Gasteiger partial charge in [0, 0.05) is 12.6 Å². The van der Waals surface area contributed by atoms with E-state index in [0.717, 1.165) is 24.3 Å². The van der Waals surface area contributed by atoms with Crippen LogP contribution in [-0.2, 0) is 0 Å². The number of hydrogen-bond acceptors (Lipinski definition) is 3. The van der Waals surface area contributed by atoms with E-state index in [-0.39, 0.29) is 0 Å². The summed E-state index contributed by atoms with van der Waals surface area (Å²) in [5.41, 5.74) is 2.08. The van der Waals surface area contributed by atoms with E-state index >= 15 is 0 Å². The average molecular weight is 265 g/mol. The highest BCUT2D eigenvalue weighted by atomic mass is 32.2. The third-order valence-corrected chi connectivity index (χ3v) is 4.72. The molecule has 1 atom stereocenters. The molecule has 2 rings (SSSR count). The van der Waals surface area contributed by atoms with Crippen molar-refractivity contribution in [2.75, 3.05) is 18.1 Å². The van der Waals surface area contributed by atoms with Crippen LogP contribution in [0.1, 0.15) is 36.9 Å². The minimum absolute atomic E-state index is 0.296. The summed E-state index contributed by atoms with van der Waals surface area (Å²) in [6.07, 6.45) is 1.82. The minimum Gasteiger partial charge on any atom is -0.389 e. The molecule has 1 saturated heterocycles. The lowest BCUT2D eigenvalue weighted by molar-refractivity contribution is 0.0300. The molecule has 100 valence electrons. The SMILES string of the molecule is Cc1ccc(C(C)NCC2(O)CCSCC2)cc1. The maximum Gasteiger partial charge on any atom is 0.0787 e. The van der Waals surface area contributed by atoms with Crippen LogP contribution < -0.4 is 5.32 Å². The molecule has 3 heteroatoms. The van der Waals surface area contributed by atoms with Gasteiger partial charge in [-0.3, -0.25) is 0 Å². The fraction of sp³-hybridized carbons (Fsp3) is 0.600. The molecule has 0 aliphatic carbocycles. The number of thioether (sulfide) groups is 1. The first-order valence-electron chi connectivity index (χ1n) is 6.69. The molecule has 1 fully saturated rings. The lowest BCUT2D eigenvalue weighted by atomic mass is 9.96. The maximum atomic E-state index is 10.4. The molecule has 0 aromatic heterocycles. The van der Waals surface area contributed by atoms with E-state index in [1.165, 1.54) is 11.1 Å². The Labute approximate surface area is 114 Å². The number of aliphatic hydroxyl groups is 1. The number of aryl methyl sites for hydroxylation is 1. The summed E-state index contributed by atoms with van der Waals surface area (Å²) < 4.78 is 0. The fourth-order valence-electron chi connectivity index (χ4n) is 2.24. The molecule has 1 aromatic rings. The summed E-state index contributed by atoms with van der Waals surface area (Å²) in [6, 6.07) is 8.89. The van der Waals surface area contributed by atoms with Gasteiger partial charge >= 0.3 is 0 Å². The van der Waals surface area contributed by atoms with Crippen LogP contribution in [0.25, 0.3) is 0 Å². The third-order valence-electron chi connectivity index (χ3n) is 3.74. The summed E-state index contributed by atoms with van der Waals surface area (Å²) in [4.78, 5) is 0. The summed E-state index contributed by atoms with van der Waals surface area (Å²) in [5, 5.41) is 13.9. The first-order chi connectivity index (χ1) is 8.59. The van der Waals surface area contributed by atoms with E-state index in [2.05, 4.69) is 43.4 Å². The largest absolute Gasteiger partial charge is 0.389 e. The molecule has 0 spiro atoms. The zero-order chi connectivity index (χ0) is 13.0. The van der Waals surface area contributed by atoms with Gasteiger partial charge in [0.25, 0.3) is 0 Å². The van der Waals surface area contributed by atoms with Crippen LogP contribution in [0.4, 0.5) is 0 Å². The zero-order valence-electron chi connectivity index (χ0n) is 11.3. The molecule has 0 radical (unpaired) electrons. The maximum absolute atomic E-state index is 10.4. The molecule has 0 bridgehead atoms. The second kappa shape index (κ2) is 6.09. The van der Waals surface area contributed by atoms with Crippen LogP contribution in [0.15, 0.2) is 24.3 Å².